The molecule has 6 rings (SSSR count). The minimum Gasteiger partial charge on any atom is -0.424 e. The van der Waals surface area contributed by atoms with Crippen molar-refractivity contribution in [3.63, 3.8) is 0 Å². The lowest BCUT2D eigenvalue weighted by Crippen LogP contribution is -2.18. The van der Waals surface area contributed by atoms with E-state index in [4.69, 9.17) is 10.5 Å². The molecule has 0 bridgehead atoms. The number of rotatable bonds is 7. The maximum atomic E-state index is 12.3. The van der Waals surface area contributed by atoms with E-state index >= 15 is 0 Å². The third kappa shape index (κ3) is 3.58. The topological polar surface area (TPSA) is 117 Å². The molecule has 0 amide bonds. The molecule has 0 aliphatic heterocycles. The highest BCUT2D eigenvalue weighted by atomic mass is 32.2. The summed E-state index contributed by atoms with van der Waals surface area (Å²) in [5.74, 6) is 0.665. The van der Waals surface area contributed by atoms with Crippen LogP contribution in [0.3, 0.4) is 0 Å². The van der Waals surface area contributed by atoms with Gasteiger partial charge in [-0.2, -0.15) is 10.1 Å². The van der Waals surface area contributed by atoms with Crippen LogP contribution in [-0.2, 0) is 17.1 Å². The molecular formula is C24H26N6O3S. The summed E-state index contributed by atoms with van der Waals surface area (Å²) >= 11 is 0. The highest BCUT2D eigenvalue weighted by Crippen LogP contribution is 2.45. The number of aryl methyl sites for hydroxylation is 1. The fourth-order valence-electron chi connectivity index (χ4n) is 4.50. The van der Waals surface area contributed by atoms with Gasteiger partial charge in [0.2, 0.25) is 10.0 Å². The number of nitrogens with two attached hydrogens (primary N) is 1. The van der Waals surface area contributed by atoms with Crippen LogP contribution in [0.1, 0.15) is 38.1 Å². The molecule has 2 fully saturated rings. The monoisotopic (exact) mass is 478 g/mol. The molecule has 0 atom stereocenters. The quantitative estimate of drug-likeness (QED) is 0.406. The highest BCUT2D eigenvalue weighted by molar-refractivity contribution is 7.93. The number of sulfonamides is 1. The molecule has 176 valence electrons. The van der Waals surface area contributed by atoms with E-state index in [1.54, 1.807) is 23.9 Å². The molecule has 0 saturated heterocycles. The second-order valence-electron chi connectivity index (χ2n) is 9.09. The summed E-state index contributed by atoms with van der Waals surface area (Å²) in [5, 5.41) is 4.76. The molecule has 4 aromatic rings. The predicted octanol–water partition coefficient (Wildman–Crippen LogP) is 4.44. The SMILES string of the molecule is Cn1ncnc1Oc1ccc2c(N)c(-c3ccc(NS(=O)(=O)C4CC4)cc3)n(C3CCC3)c2c1. The number of ether oxygens (including phenoxy) is 1. The molecule has 2 aromatic carbocycles. The van der Waals surface area contributed by atoms with E-state index in [0.29, 0.717) is 29.2 Å². The number of nitrogens with zero attached hydrogens (tertiary/aromatic N) is 4. The standard InChI is InChI=1S/C24H26N6O3S/c1-29-24(26-14-27-29)33-18-9-12-20-21(13-18)30(17-3-2-4-17)23(22(20)25)15-5-7-16(8-6-15)28-34(31,32)19-10-11-19/h5-9,12-14,17,19,28H,2-4,10-11,25H2,1H3. The summed E-state index contributed by atoms with van der Waals surface area (Å²) < 4.78 is 37.1. The largest absolute Gasteiger partial charge is 0.424 e. The number of nitrogens with one attached hydrogen (secondary N) is 1. The van der Waals surface area contributed by atoms with E-state index in [2.05, 4.69) is 19.4 Å². The van der Waals surface area contributed by atoms with Gasteiger partial charge >= 0.3 is 6.01 Å². The van der Waals surface area contributed by atoms with Crippen molar-refractivity contribution in [3.8, 4) is 23.0 Å². The van der Waals surface area contributed by atoms with E-state index in [0.717, 1.165) is 47.8 Å². The average Bonchev–Trinajstić information content (AvgIpc) is 3.52. The zero-order valence-corrected chi connectivity index (χ0v) is 19.6. The van der Waals surface area contributed by atoms with E-state index in [9.17, 15) is 8.42 Å². The van der Waals surface area contributed by atoms with Crippen molar-refractivity contribution in [3.05, 3.63) is 48.8 Å². The summed E-state index contributed by atoms with van der Waals surface area (Å²) in [4.78, 5) is 4.14. The van der Waals surface area contributed by atoms with Crippen LogP contribution in [0.4, 0.5) is 11.4 Å². The van der Waals surface area contributed by atoms with Crippen LogP contribution in [-0.4, -0.2) is 33.0 Å². The van der Waals surface area contributed by atoms with Gasteiger partial charge in [-0.1, -0.05) is 12.1 Å². The Kier molecular flexibility index (Phi) is 4.80. The van der Waals surface area contributed by atoms with Crippen LogP contribution < -0.4 is 15.2 Å². The zero-order chi connectivity index (χ0) is 23.4. The van der Waals surface area contributed by atoms with Crippen molar-refractivity contribution in [1.29, 1.82) is 0 Å². The summed E-state index contributed by atoms with van der Waals surface area (Å²) in [6, 6.07) is 14.1. The molecule has 0 unspecified atom stereocenters. The minimum absolute atomic E-state index is 0.262. The van der Waals surface area contributed by atoms with Crippen molar-refractivity contribution in [1.82, 2.24) is 19.3 Å². The lowest BCUT2D eigenvalue weighted by molar-refractivity contribution is 0.324. The fourth-order valence-corrected chi connectivity index (χ4v) is 5.89. The summed E-state index contributed by atoms with van der Waals surface area (Å²) in [7, 11) is -1.52. The summed E-state index contributed by atoms with van der Waals surface area (Å²) in [5.41, 5.74) is 10.9. The Bertz CT molecular complexity index is 1480. The molecule has 34 heavy (non-hydrogen) atoms. The van der Waals surface area contributed by atoms with Gasteiger partial charge in [-0.3, -0.25) is 4.72 Å². The molecule has 2 aliphatic rings. The van der Waals surface area contributed by atoms with Crippen LogP contribution in [0, 0.1) is 0 Å². The summed E-state index contributed by atoms with van der Waals surface area (Å²) in [6.45, 7) is 0. The van der Waals surface area contributed by atoms with Crippen molar-refractivity contribution in [2.45, 2.75) is 43.4 Å². The molecule has 9 nitrogen and oxygen atoms in total. The van der Waals surface area contributed by atoms with Crippen molar-refractivity contribution in [2.24, 2.45) is 7.05 Å². The number of aromatic nitrogens is 4. The molecule has 3 N–H and O–H groups in total. The highest BCUT2D eigenvalue weighted by Gasteiger charge is 2.35. The number of hydrogen-bond acceptors (Lipinski definition) is 6. The zero-order valence-electron chi connectivity index (χ0n) is 18.8. The van der Waals surface area contributed by atoms with Crippen molar-refractivity contribution >= 4 is 32.3 Å². The molecule has 2 aliphatic carbocycles. The normalized spacial score (nSPS) is 16.5. The van der Waals surface area contributed by atoms with Crippen molar-refractivity contribution < 1.29 is 13.2 Å². The van der Waals surface area contributed by atoms with Gasteiger partial charge in [0.25, 0.3) is 0 Å². The van der Waals surface area contributed by atoms with Gasteiger partial charge in [-0.25, -0.2) is 13.1 Å². The lowest BCUT2D eigenvalue weighted by Gasteiger charge is -2.30. The fraction of sp³-hybridized carbons (Fsp3) is 0.333. The Balaban J connectivity index is 1.40. The Labute approximate surface area is 197 Å². The molecular weight excluding hydrogens is 452 g/mol. The number of hydrogen-bond donors (Lipinski definition) is 2. The van der Waals surface area contributed by atoms with Gasteiger partial charge in [-0.15, -0.1) is 0 Å². The Hall–Kier alpha value is -3.53. The Morgan fingerprint density at radius 2 is 1.85 bits per heavy atom. The maximum absolute atomic E-state index is 12.3. The second kappa shape index (κ2) is 7.76. The number of nitrogen functional groups attached to an aromatic ring is 1. The summed E-state index contributed by atoms with van der Waals surface area (Å²) in [6.07, 6.45) is 6.27. The van der Waals surface area contributed by atoms with Crippen LogP contribution in [0.25, 0.3) is 22.2 Å². The van der Waals surface area contributed by atoms with Crippen LogP contribution >= 0.6 is 0 Å². The first kappa shape index (κ1) is 21.0. The van der Waals surface area contributed by atoms with Gasteiger partial charge in [0.1, 0.15) is 12.1 Å². The first-order chi connectivity index (χ1) is 16.4. The Morgan fingerprint density at radius 3 is 2.47 bits per heavy atom. The van der Waals surface area contributed by atoms with Crippen LogP contribution in [0.5, 0.6) is 11.8 Å². The first-order valence-electron chi connectivity index (χ1n) is 11.5. The molecule has 2 aromatic heterocycles. The first-order valence-corrected chi connectivity index (χ1v) is 13.0. The van der Waals surface area contributed by atoms with E-state index in [1.807, 2.05) is 30.3 Å². The van der Waals surface area contributed by atoms with Gasteiger partial charge in [0, 0.05) is 35.8 Å². The van der Waals surface area contributed by atoms with E-state index in [1.165, 1.54) is 12.7 Å². The van der Waals surface area contributed by atoms with Crippen LogP contribution in [0.2, 0.25) is 0 Å². The van der Waals surface area contributed by atoms with E-state index in [-0.39, 0.29) is 5.25 Å². The maximum Gasteiger partial charge on any atom is 0.320 e. The van der Waals surface area contributed by atoms with Crippen molar-refractivity contribution in [2.75, 3.05) is 10.5 Å². The van der Waals surface area contributed by atoms with Gasteiger partial charge < -0.3 is 15.0 Å². The number of fused-ring (bicyclic) bond motifs is 1. The third-order valence-corrected chi connectivity index (χ3v) is 8.58. The minimum atomic E-state index is -3.30. The molecule has 10 heteroatoms. The lowest BCUT2D eigenvalue weighted by atomic mass is 9.92. The Morgan fingerprint density at radius 1 is 1.09 bits per heavy atom. The molecule has 0 radical (unpaired) electrons. The molecule has 0 spiro atoms. The predicted molar refractivity (Wildman–Crippen MR) is 131 cm³/mol. The molecule has 2 saturated carbocycles. The average molecular weight is 479 g/mol. The van der Waals surface area contributed by atoms with E-state index < -0.39 is 10.0 Å². The second-order valence-corrected chi connectivity index (χ2v) is 11.0. The number of anilines is 2. The number of benzene rings is 2. The van der Waals surface area contributed by atoms with Crippen LogP contribution in [0.15, 0.2) is 48.8 Å². The van der Waals surface area contributed by atoms with Gasteiger partial charge in [0.05, 0.1) is 22.1 Å². The third-order valence-electron chi connectivity index (χ3n) is 6.72. The molecule has 2 heterocycles. The van der Waals surface area contributed by atoms with Gasteiger partial charge in [-0.05, 0) is 56.4 Å². The van der Waals surface area contributed by atoms with Gasteiger partial charge in [0.15, 0.2) is 0 Å². The smallest absolute Gasteiger partial charge is 0.320 e.